The maximum absolute atomic E-state index is 3.79. The number of nitrogens with one attached hydrogen (secondary N) is 1. The Hall–Kier alpha value is -0.0800. The van der Waals surface area contributed by atoms with E-state index in [1.165, 1.54) is 45.3 Å². The molecular formula is C16H34N2. The number of nitrogens with zero attached hydrogens (tertiary/aromatic N) is 1. The van der Waals surface area contributed by atoms with Crippen molar-refractivity contribution in [2.45, 2.75) is 72.4 Å². The quantitative estimate of drug-likeness (QED) is 0.748. The summed E-state index contributed by atoms with van der Waals surface area (Å²) in [4.78, 5) is 2.72. The maximum Gasteiger partial charge on any atom is 0.0251 e. The van der Waals surface area contributed by atoms with Gasteiger partial charge >= 0.3 is 0 Å². The summed E-state index contributed by atoms with van der Waals surface area (Å²) in [6, 6.07) is 1.48. The Morgan fingerprint density at radius 1 is 1.22 bits per heavy atom. The molecule has 1 aliphatic rings. The Morgan fingerprint density at radius 2 is 1.94 bits per heavy atom. The van der Waals surface area contributed by atoms with E-state index in [1.807, 2.05) is 0 Å². The topological polar surface area (TPSA) is 15.3 Å². The van der Waals surface area contributed by atoms with E-state index in [0.29, 0.717) is 0 Å². The highest BCUT2D eigenvalue weighted by Crippen LogP contribution is 2.28. The molecule has 1 N–H and O–H groups in total. The van der Waals surface area contributed by atoms with Crippen LogP contribution in [0.2, 0.25) is 0 Å². The fourth-order valence-electron chi connectivity index (χ4n) is 3.29. The van der Waals surface area contributed by atoms with Gasteiger partial charge in [-0.3, -0.25) is 4.90 Å². The lowest BCUT2D eigenvalue weighted by atomic mass is 9.82. The first-order valence-corrected chi connectivity index (χ1v) is 8.05. The fraction of sp³-hybridized carbons (Fsp3) is 1.00. The summed E-state index contributed by atoms with van der Waals surface area (Å²) in [6.07, 6.45) is 5.38. The molecule has 3 unspecified atom stereocenters. The van der Waals surface area contributed by atoms with E-state index < -0.39 is 0 Å². The standard InChI is InChI=1S/C16H34N2/c1-6-10-17-15-9-8-14(5)11-16(15)18(7-2)12-13(3)4/h13-17H,6-12H2,1-5H3. The van der Waals surface area contributed by atoms with Crippen molar-refractivity contribution < 1.29 is 0 Å². The van der Waals surface area contributed by atoms with Gasteiger partial charge in [0.05, 0.1) is 0 Å². The van der Waals surface area contributed by atoms with Gasteiger partial charge in [-0.05, 0) is 50.6 Å². The van der Waals surface area contributed by atoms with Gasteiger partial charge in [0, 0.05) is 18.6 Å². The molecule has 0 aromatic heterocycles. The van der Waals surface area contributed by atoms with E-state index in [0.717, 1.165) is 23.9 Å². The van der Waals surface area contributed by atoms with Crippen molar-refractivity contribution >= 4 is 0 Å². The number of hydrogen-bond donors (Lipinski definition) is 1. The molecule has 0 aliphatic heterocycles. The van der Waals surface area contributed by atoms with Crippen LogP contribution in [-0.4, -0.2) is 36.6 Å². The van der Waals surface area contributed by atoms with Gasteiger partial charge in [-0.1, -0.05) is 34.6 Å². The third-order valence-corrected chi connectivity index (χ3v) is 4.21. The van der Waals surface area contributed by atoms with Gasteiger partial charge < -0.3 is 5.32 Å². The van der Waals surface area contributed by atoms with Crippen LogP contribution in [0, 0.1) is 11.8 Å². The van der Waals surface area contributed by atoms with Crippen molar-refractivity contribution in [3.05, 3.63) is 0 Å². The summed E-state index contributed by atoms with van der Waals surface area (Å²) in [5.74, 6) is 1.67. The summed E-state index contributed by atoms with van der Waals surface area (Å²) in [5, 5.41) is 3.79. The summed E-state index contributed by atoms with van der Waals surface area (Å²) in [7, 11) is 0. The second-order valence-electron chi connectivity index (χ2n) is 6.53. The molecule has 0 aromatic carbocycles. The second kappa shape index (κ2) is 8.16. The zero-order valence-electron chi connectivity index (χ0n) is 13.2. The van der Waals surface area contributed by atoms with Crippen LogP contribution in [0.25, 0.3) is 0 Å². The van der Waals surface area contributed by atoms with Crippen LogP contribution in [0.5, 0.6) is 0 Å². The van der Waals surface area contributed by atoms with Crippen molar-refractivity contribution in [3.63, 3.8) is 0 Å². The predicted molar refractivity (Wildman–Crippen MR) is 81.0 cm³/mol. The van der Waals surface area contributed by atoms with E-state index >= 15 is 0 Å². The summed E-state index contributed by atoms with van der Waals surface area (Å²) in [5.41, 5.74) is 0. The largest absolute Gasteiger partial charge is 0.312 e. The van der Waals surface area contributed by atoms with Crippen molar-refractivity contribution in [2.75, 3.05) is 19.6 Å². The van der Waals surface area contributed by atoms with Crippen LogP contribution in [0.15, 0.2) is 0 Å². The summed E-state index contributed by atoms with van der Waals surface area (Å²) < 4.78 is 0. The Bertz CT molecular complexity index is 213. The minimum atomic E-state index is 0.722. The van der Waals surface area contributed by atoms with Crippen LogP contribution in [0.3, 0.4) is 0 Å². The Balaban J connectivity index is 2.63. The first kappa shape index (κ1) is 16.0. The molecule has 1 saturated carbocycles. The van der Waals surface area contributed by atoms with Gasteiger partial charge in [0.15, 0.2) is 0 Å². The SMILES string of the molecule is CCCNC1CCC(C)CC1N(CC)CC(C)C. The molecule has 0 radical (unpaired) electrons. The Labute approximate surface area is 115 Å². The Morgan fingerprint density at radius 3 is 2.50 bits per heavy atom. The third-order valence-electron chi connectivity index (χ3n) is 4.21. The maximum atomic E-state index is 3.79. The molecule has 18 heavy (non-hydrogen) atoms. The first-order valence-electron chi connectivity index (χ1n) is 8.05. The van der Waals surface area contributed by atoms with Gasteiger partial charge in [-0.15, -0.1) is 0 Å². The highest BCUT2D eigenvalue weighted by atomic mass is 15.2. The molecule has 2 nitrogen and oxygen atoms in total. The molecule has 0 aromatic rings. The van der Waals surface area contributed by atoms with E-state index in [-0.39, 0.29) is 0 Å². The third kappa shape index (κ3) is 4.89. The predicted octanol–water partition coefficient (Wildman–Crippen LogP) is 3.52. The van der Waals surface area contributed by atoms with E-state index in [1.54, 1.807) is 0 Å². The molecule has 0 amide bonds. The Kier molecular flexibility index (Phi) is 7.25. The van der Waals surface area contributed by atoms with Gasteiger partial charge in [0.2, 0.25) is 0 Å². The monoisotopic (exact) mass is 254 g/mol. The van der Waals surface area contributed by atoms with Crippen LogP contribution in [0.4, 0.5) is 0 Å². The smallest absolute Gasteiger partial charge is 0.0251 e. The molecule has 108 valence electrons. The fourth-order valence-corrected chi connectivity index (χ4v) is 3.29. The zero-order valence-corrected chi connectivity index (χ0v) is 13.2. The molecular weight excluding hydrogens is 220 g/mol. The lowest BCUT2D eigenvalue weighted by Crippen LogP contribution is -2.54. The number of hydrogen-bond acceptors (Lipinski definition) is 2. The van der Waals surface area contributed by atoms with Gasteiger partial charge in [-0.2, -0.15) is 0 Å². The van der Waals surface area contributed by atoms with Gasteiger partial charge in [-0.25, -0.2) is 0 Å². The normalized spacial score (nSPS) is 29.2. The molecule has 0 saturated heterocycles. The second-order valence-corrected chi connectivity index (χ2v) is 6.53. The van der Waals surface area contributed by atoms with Crippen LogP contribution in [0.1, 0.15) is 60.3 Å². The molecule has 1 fully saturated rings. The highest BCUT2D eigenvalue weighted by molar-refractivity contribution is 4.90. The number of likely N-dealkylation sites (N-methyl/N-ethyl adjacent to an activating group) is 1. The molecule has 1 aliphatic carbocycles. The average molecular weight is 254 g/mol. The molecule has 0 heterocycles. The molecule has 2 heteroatoms. The summed E-state index contributed by atoms with van der Waals surface area (Å²) in [6.45, 7) is 15.3. The van der Waals surface area contributed by atoms with E-state index in [4.69, 9.17) is 0 Å². The molecule has 3 atom stereocenters. The lowest BCUT2D eigenvalue weighted by Gasteiger charge is -2.43. The van der Waals surface area contributed by atoms with Crippen LogP contribution < -0.4 is 5.32 Å². The van der Waals surface area contributed by atoms with E-state index in [9.17, 15) is 0 Å². The van der Waals surface area contributed by atoms with E-state index in [2.05, 4.69) is 44.8 Å². The van der Waals surface area contributed by atoms with Crippen molar-refractivity contribution in [1.29, 1.82) is 0 Å². The van der Waals surface area contributed by atoms with Crippen molar-refractivity contribution in [1.82, 2.24) is 10.2 Å². The van der Waals surface area contributed by atoms with Crippen LogP contribution >= 0.6 is 0 Å². The minimum absolute atomic E-state index is 0.722. The first-order chi connectivity index (χ1) is 8.58. The lowest BCUT2D eigenvalue weighted by molar-refractivity contribution is 0.0950. The van der Waals surface area contributed by atoms with Gasteiger partial charge in [0.25, 0.3) is 0 Å². The molecule has 0 bridgehead atoms. The minimum Gasteiger partial charge on any atom is -0.312 e. The molecule has 1 rings (SSSR count). The average Bonchev–Trinajstić information content (AvgIpc) is 2.34. The van der Waals surface area contributed by atoms with Crippen LogP contribution in [-0.2, 0) is 0 Å². The summed E-state index contributed by atoms with van der Waals surface area (Å²) >= 11 is 0. The number of rotatable bonds is 7. The zero-order chi connectivity index (χ0) is 13.5. The van der Waals surface area contributed by atoms with Crippen molar-refractivity contribution in [3.8, 4) is 0 Å². The molecule has 0 spiro atoms. The van der Waals surface area contributed by atoms with Crippen molar-refractivity contribution in [2.24, 2.45) is 11.8 Å². The highest BCUT2D eigenvalue weighted by Gasteiger charge is 2.31. The van der Waals surface area contributed by atoms with Gasteiger partial charge in [0.1, 0.15) is 0 Å².